The van der Waals surface area contributed by atoms with Gasteiger partial charge in [0, 0.05) is 0 Å². The van der Waals surface area contributed by atoms with Crippen molar-refractivity contribution < 1.29 is 19.4 Å². The quantitative estimate of drug-likeness (QED) is 0.694. The van der Waals surface area contributed by atoms with Crippen molar-refractivity contribution in [3.8, 4) is 5.75 Å². The van der Waals surface area contributed by atoms with Crippen LogP contribution < -0.4 is 16.2 Å². The van der Waals surface area contributed by atoms with E-state index in [1.165, 1.54) is 4.90 Å². The Bertz CT molecular complexity index is 531. The Hall–Kier alpha value is -2.12. The van der Waals surface area contributed by atoms with Crippen molar-refractivity contribution in [2.45, 2.75) is 18.1 Å². The zero-order chi connectivity index (χ0) is 14.9. The smallest absolute Gasteiger partial charge is 0.326 e. The summed E-state index contributed by atoms with van der Waals surface area (Å²) in [6.07, 6.45) is -0.968. The summed E-state index contributed by atoms with van der Waals surface area (Å²) in [6, 6.07) is 6.91. The second-order valence-electron chi connectivity index (χ2n) is 4.88. The van der Waals surface area contributed by atoms with Crippen LogP contribution in [0.1, 0.15) is 18.2 Å². The minimum Gasteiger partial charge on any atom is -0.497 e. The van der Waals surface area contributed by atoms with Crippen LogP contribution in [0.3, 0.4) is 0 Å². The summed E-state index contributed by atoms with van der Waals surface area (Å²) in [5.41, 5.74) is 10.8. The summed E-state index contributed by atoms with van der Waals surface area (Å²) in [7, 11) is 1.55. The zero-order valence-corrected chi connectivity index (χ0v) is 11.1. The van der Waals surface area contributed by atoms with Gasteiger partial charge in [0.05, 0.1) is 20.1 Å². The molecule has 0 radical (unpaired) electrons. The minimum atomic E-state index is -1.57. The van der Waals surface area contributed by atoms with E-state index >= 15 is 0 Å². The number of rotatable bonds is 4. The number of likely N-dealkylation sites (tertiary alicyclic amines) is 1. The number of methoxy groups -OCH3 is 1. The number of hydrogen-bond donors (Lipinski definition) is 3. The summed E-state index contributed by atoms with van der Waals surface area (Å²) >= 11 is 0. The number of nitrogens with zero attached hydrogens (tertiary/aromatic N) is 1. The lowest BCUT2D eigenvalue weighted by Gasteiger charge is -2.26. The van der Waals surface area contributed by atoms with Gasteiger partial charge in [-0.05, 0) is 17.7 Å². The zero-order valence-electron chi connectivity index (χ0n) is 11.1. The fraction of sp³-hybridized carbons (Fsp3) is 0.385. The predicted octanol–water partition coefficient (Wildman–Crippen LogP) is -0.333. The number of carbonyl (C=O) groups is 2. The highest BCUT2D eigenvalue weighted by Crippen LogP contribution is 2.28. The van der Waals surface area contributed by atoms with Crippen LogP contribution in [0, 0.1) is 0 Å². The van der Waals surface area contributed by atoms with Gasteiger partial charge in [-0.25, -0.2) is 0 Å². The number of carboxylic acids is 1. The van der Waals surface area contributed by atoms with Crippen LogP contribution >= 0.6 is 0 Å². The van der Waals surface area contributed by atoms with Crippen LogP contribution in [0.2, 0.25) is 0 Å². The van der Waals surface area contributed by atoms with E-state index < -0.39 is 17.7 Å². The minimum absolute atomic E-state index is 0.103. The van der Waals surface area contributed by atoms with Gasteiger partial charge in [0.1, 0.15) is 17.5 Å². The molecule has 2 rings (SSSR count). The molecule has 0 aromatic heterocycles. The van der Waals surface area contributed by atoms with E-state index in [4.69, 9.17) is 21.3 Å². The molecule has 1 aliphatic heterocycles. The van der Waals surface area contributed by atoms with Gasteiger partial charge in [-0.1, -0.05) is 12.1 Å². The lowest BCUT2D eigenvalue weighted by atomic mass is 10.0. The molecule has 2 atom stereocenters. The van der Waals surface area contributed by atoms with Crippen LogP contribution in [0.5, 0.6) is 5.75 Å². The maximum atomic E-state index is 11.9. The first-order chi connectivity index (χ1) is 9.37. The van der Waals surface area contributed by atoms with Crippen LogP contribution in [-0.2, 0) is 9.59 Å². The Morgan fingerprint density at radius 2 is 2.05 bits per heavy atom. The van der Waals surface area contributed by atoms with E-state index in [0.717, 1.165) is 0 Å². The molecule has 1 aromatic carbocycles. The summed E-state index contributed by atoms with van der Waals surface area (Å²) in [5, 5.41) is 9.07. The molecule has 7 nitrogen and oxygen atoms in total. The summed E-state index contributed by atoms with van der Waals surface area (Å²) in [4.78, 5) is 24.3. The molecular weight excluding hydrogens is 262 g/mol. The highest BCUT2D eigenvalue weighted by atomic mass is 16.5. The lowest BCUT2D eigenvalue weighted by Crippen LogP contribution is -2.50. The molecule has 1 heterocycles. The molecule has 1 aliphatic rings. The molecule has 0 bridgehead atoms. The normalized spacial score (nSPS) is 23.8. The third-order valence-electron chi connectivity index (χ3n) is 3.46. The van der Waals surface area contributed by atoms with Crippen LogP contribution in [0.15, 0.2) is 24.3 Å². The number of carbonyl (C=O) groups excluding carboxylic acids is 1. The highest BCUT2D eigenvalue weighted by Gasteiger charge is 2.47. The van der Waals surface area contributed by atoms with Gasteiger partial charge in [0.2, 0.25) is 5.91 Å². The van der Waals surface area contributed by atoms with Crippen molar-refractivity contribution >= 4 is 11.9 Å². The first kappa shape index (κ1) is 14.3. The molecule has 20 heavy (non-hydrogen) atoms. The topological polar surface area (TPSA) is 119 Å². The average molecular weight is 279 g/mol. The standard InChI is InChI=1S/C13H17N3O4/c1-20-9-4-2-8(3-5-9)11(14)16-7-13(15,12(18)19)6-10(16)17/h2-5,11H,6-7,14-15H2,1H3,(H,18,19)/t11-,13?/m0/s1. The van der Waals surface area contributed by atoms with E-state index in [-0.39, 0.29) is 18.9 Å². The van der Waals surface area contributed by atoms with E-state index in [2.05, 4.69) is 0 Å². The number of carboxylic acid groups (broad SMARTS) is 1. The van der Waals surface area contributed by atoms with Gasteiger partial charge >= 0.3 is 5.97 Å². The summed E-state index contributed by atoms with van der Waals surface area (Å²) < 4.78 is 5.04. The molecule has 0 spiro atoms. The summed E-state index contributed by atoms with van der Waals surface area (Å²) in [6.45, 7) is -0.103. The van der Waals surface area contributed by atoms with Crippen molar-refractivity contribution in [3.05, 3.63) is 29.8 Å². The fourth-order valence-corrected chi connectivity index (χ4v) is 2.20. The Morgan fingerprint density at radius 1 is 1.45 bits per heavy atom. The largest absolute Gasteiger partial charge is 0.497 e. The molecule has 1 aromatic rings. The first-order valence-electron chi connectivity index (χ1n) is 6.08. The summed E-state index contributed by atoms with van der Waals surface area (Å²) in [5.74, 6) is -0.888. The number of hydrogen-bond acceptors (Lipinski definition) is 5. The molecule has 1 saturated heterocycles. The van der Waals surface area contributed by atoms with Gasteiger partial charge in [-0.2, -0.15) is 0 Å². The molecule has 5 N–H and O–H groups in total. The van der Waals surface area contributed by atoms with Gasteiger partial charge in [-0.3, -0.25) is 9.59 Å². The number of aliphatic carboxylic acids is 1. The second kappa shape index (κ2) is 5.10. The Balaban J connectivity index is 2.18. The van der Waals surface area contributed by atoms with Crippen LogP contribution in [0.4, 0.5) is 0 Å². The predicted molar refractivity (Wildman–Crippen MR) is 70.8 cm³/mol. The molecule has 7 heteroatoms. The first-order valence-corrected chi connectivity index (χ1v) is 6.08. The number of amides is 1. The molecule has 0 aliphatic carbocycles. The molecule has 0 saturated carbocycles. The SMILES string of the molecule is COc1ccc([C@@H](N)N2CC(N)(C(=O)O)CC2=O)cc1. The van der Waals surface area contributed by atoms with Crippen molar-refractivity contribution in [2.75, 3.05) is 13.7 Å². The van der Waals surface area contributed by atoms with Gasteiger partial charge in [-0.15, -0.1) is 0 Å². The van der Waals surface area contributed by atoms with Gasteiger partial charge in [0.25, 0.3) is 0 Å². The molecule has 1 amide bonds. The molecule has 1 fully saturated rings. The van der Waals surface area contributed by atoms with E-state index in [1.807, 2.05) is 0 Å². The Kier molecular flexibility index (Phi) is 3.65. The highest BCUT2D eigenvalue weighted by molar-refractivity contribution is 5.92. The Morgan fingerprint density at radius 3 is 2.50 bits per heavy atom. The van der Waals surface area contributed by atoms with Crippen molar-refractivity contribution in [3.63, 3.8) is 0 Å². The molecule has 1 unspecified atom stereocenters. The van der Waals surface area contributed by atoms with Crippen molar-refractivity contribution in [2.24, 2.45) is 11.5 Å². The third kappa shape index (κ3) is 2.45. The fourth-order valence-electron chi connectivity index (χ4n) is 2.20. The third-order valence-corrected chi connectivity index (χ3v) is 3.46. The number of benzene rings is 1. The number of ether oxygens (including phenoxy) is 1. The second-order valence-corrected chi connectivity index (χ2v) is 4.88. The van der Waals surface area contributed by atoms with Gasteiger partial charge in [0.15, 0.2) is 0 Å². The van der Waals surface area contributed by atoms with E-state index in [0.29, 0.717) is 11.3 Å². The monoisotopic (exact) mass is 279 g/mol. The van der Waals surface area contributed by atoms with Crippen molar-refractivity contribution in [1.29, 1.82) is 0 Å². The lowest BCUT2D eigenvalue weighted by molar-refractivity contribution is -0.143. The number of nitrogens with two attached hydrogens (primary N) is 2. The maximum absolute atomic E-state index is 11.9. The molecular formula is C13H17N3O4. The van der Waals surface area contributed by atoms with Crippen LogP contribution in [0.25, 0.3) is 0 Å². The van der Waals surface area contributed by atoms with Gasteiger partial charge < -0.3 is 26.2 Å². The Labute approximate surface area is 116 Å². The van der Waals surface area contributed by atoms with Crippen LogP contribution in [-0.4, -0.2) is 41.1 Å². The molecule has 108 valence electrons. The average Bonchev–Trinajstić information content (AvgIpc) is 2.75. The maximum Gasteiger partial charge on any atom is 0.326 e. The van der Waals surface area contributed by atoms with Crippen molar-refractivity contribution in [1.82, 2.24) is 4.90 Å². The van der Waals surface area contributed by atoms with E-state index in [1.54, 1.807) is 31.4 Å². The van der Waals surface area contributed by atoms with E-state index in [9.17, 15) is 9.59 Å².